The first-order valence-corrected chi connectivity index (χ1v) is 8.71. The summed E-state index contributed by atoms with van der Waals surface area (Å²) in [6, 6.07) is 13.0. The number of aryl methyl sites for hydroxylation is 1. The van der Waals surface area contributed by atoms with Crippen LogP contribution in [0.3, 0.4) is 0 Å². The summed E-state index contributed by atoms with van der Waals surface area (Å²) >= 11 is 0. The molecule has 0 aliphatic carbocycles. The van der Waals surface area contributed by atoms with Crippen LogP contribution < -0.4 is 5.32 Å². The second-order valence-electron chi connectivity index (χ2n) is 6.62. The maximum atomic E-state index is 12.4. The standard InChI is InChI=1S/C19H14N8O/c1-11-18-14(13-4-2-12(9-20)3-5-13)8-17(28)22-19(18)27(24-11)16-7-6-15-23-21-10-26(15)25-16/h2-7,10,14H,8H2,1H3,(H,22,28)/t14-/m1/s1. The van der Waals surface area contributed by atoms with Gasteiger partial charge in [0.05, 0.1) is 17.3 Å². The number of hydrogen-bond donors (Lipinski definition) is 1. The van der Waals surface area contributed by atoms with Crippen molar-refractivity contribution < 1.29 is 4.79 Å². The molecule has 0 unspecified atom stereocenters. The summed E-state index contributed by atoms with van der Waals surface area (Å²) < 4.78 is 3.19. The molecule has 0 bridgehead atoms. The summed E-state index contributed by atoms with van der Waals surface area (Å²) in [5.41, 5.74) is 3.95. The monoisotopic (exact) mass is 370 g/mol. The Morgan fingerprint density at radius 1 is 1.18 bits per heavy atom. The van der Waals surface area contributed by atoms with Gasteiger partial charge in [0.2, 0.25) is 5.91 Å². The molecule has 0 spiro atoms. The topological polar surface area (TPSA) is 114 Å². The second kappa shape index (κ2) is 5.99. The van der Waals surface area contributed by atoms with Gasteiger partial charge in [-0.15, -0.1) is 15.3 Å². The van der Waals surface area contributed by atoms with E-state index in [0.29, 0.717) is 29.3 Å². The highest BCUT2D eigenvalue weighted by Crippen LogP contribution is 2.40. The van der Waals surface area contributed by atoms with E-state index < -0.39 is 0 Å². The zero-order valence-corrected chi connectivity index (χ0v) is 14.9. The van der Waals surface area contributed by atoms with Gasteiger partial charge in [-0.3, -0.25) is 4.79 Å². The minimum absolute atomic E-state index is 0.0895. The van der Waals surface area contributed by atoms with E-state index in [1.807, 2.05) is 19.1 Å². The van der Waals surface area contributed by atoms with Gasteiger partial charge in [-0.05, 0) is 36.8 Å². The quantitative estimate of drug-likeness (QED) is 0.577. The highest BCUT2D eigenvalue weighted by atomic mass is 16.1. The second-order valence-corrected chi connectivity index (χ2v) is 6.62. The molecule has 9 heteroatoms. The summed E-state index contributed by atoms with van der Waals surface area (Å²) in [6.45, 7) is 1.92. The van der Waals surface area contributed by atoms with Gasteiger partial charge in [-0.2, -0.15) is 19.6 Å². The van der Waals surface area contributed by atoms with Gasteiger partial charge < -0.3 is 5.32 Å². The summed E-state index contributed by atoms with van der Waals surface area (Å²) in [5.74, 6) is 0.942. The summed E-state index contributed by atoms with van der Waals surface area (Å²) in [4.78, 5) is 12.4. The van der Waals surface area contributed by atoms with Gasteiger partial charge in [0.15, 0.2) is 11.5 Å². The van der Waals surface area contributed by atoms with E-state index in [2.05, 4.69) is 31.8 Å². The Morgan fingerprint density at radius 2 is 2.00 bits per heavy atom. The first-order valence-electron chi connectivity index (χ1n) is 8.71. The number of anilines is 1. The van der Waals surface area contributed by atoms with E-state index in [-0.39, 0.29) is 11.8 Å². The molecule has 136 valence electrons. The van der Waals surface area contributed by atoms with Crippen LogP contribution in [0.2, 0.25) is 0 Å². The molecule has 1 aliphatic heterocycles. The van der Waals surface area contributed by atoms with Gasteiger partial charge in [-0.1, -0.05) is 12.1 Å². The predicted molar refractivity (Wildman–Crippen MR) is 98.9 cm³/mol. The Kier molecular flexibility index (Phi) is 3.45. The Bertz CT molecular complexity index is 1260. The number of nitrogens with one attached hydrogen (secondary N) is 1. The molecular weight excluding hydrogens is 356 g/mol. The van der Waals surface area contributed by atoms with E-state index in [0.717, 1.165) is 16.8 Å². The average Bonchev–Trinajstić information content (AvgIpc) is 3.31. The van der Waals surface area contributed by atoms with Crippen LogP contribution in [0.5, 0.6) is 0 Å². The zero-order valence-electron chi connectivity index (χ0n) is 14.9. The molecular formula is C19H14N8O. The fourth-order valence-corrected chi connectivity index (χ4v) is 3.62. The molecule has 1 aromatic carbocycles. The van der Waals surface area contributed by atoms with Crippen LogP contribution in [0.25, 0.3) is 11.5 Å². The molecule has 0 radical (unpaired) electrons. The third-order valence-corrected chi connectivity index (χ3v) is 4.91. The van der Waals surface area contributed by atoms with E-state index in [4.69, 9.17) is 5.26 Å². The Hall–Kier alpha value is -4.06. The summed E-state index contributed by atoms with van der Waals surface area (Å²) in [5, 5.41) is 28.9. The normalized spacial score (nSPS) is 15.9. The third kappa shape index (κ3) is 2.43. The van der Waals surface area contributed by atoms with Crippen LogP contribution in [-0.2, 0) is 4.79 Å². The van der Waals surface area contributed by atoms with Crippen LogP contribution in [-0.4, -0.2) is 35.5 Å². The highest BCUT2D eigenvalue weighted by molar-refractivity contribution is 5.95. The van der Waals surface area contributed by atoms with Gasteiger partial charge in [0, 0.05) is 17.9 Å². The van der Waals surface area contributed by atoms with Crippen molar-refractivity contribution in [2.75, 3.05) is 5.32 Å². The van der Waals surface area contributed by atoms with Crippen LogP contribution in [0, 0.1) is 18.3 Å². The third-order valence-electron chi connectivity index (χ3n) is 4.91. The zero-order chi connectivity index (χ0) is 19.3. The van der Waals surface area contributed by atoms with Crippen LogP contribution in [0.15, 0.2) is 42.7 Å². The molecule has 0 saturated heterocycles. The first kappa shape index (κ1) is 16.1. The molecule has 1 amide bonds. The molecule has 0 saturated carbocycles. The number of rotatable bonds is 2. The summed E-state index contributed by atoms with van der Waals surface area (Å²) in [7, 11) is 0. The largest absolute Gasteiger partial charge is 0.310 e. The van der Waals surface area contributed by atoms with E-state index in [1.165, 1.54) is 6.33 Å². The van der Waals surface area contributed by atoms with Gasteiger partial charge >= 0.3 is 0 Å². The van der Waals surface area contributed by atoms with Gasteiger partial charge in [-0.25, -0.2) is 0 Å². The molecule has 1 atom stereocenters. The lowest BCUT2D eigenvalue weighted by atomic mass is 9.85. The van der Waals surface area contributed by atoms with Crippen LogP contribution in [0.4, 0.5) is 5.82 Å². The lowest BCUT2D eigenvalue weighted by Gasteiger charge is -2.24. The van der Waals surface area contributed by atoms with E-state index in [1.54, 1.807) is 33.5 Å². The Morgan fingerprint density at radius 3 is 2.79 bits per heavy atom. The van der Waals surface area contributed by atoms with Crippen molar-refractivity contribution in [3.05, 3.63) is 65.1 Å². The SMILES string of the molecule is Cc1nn(-c2ccc3nncn3n2)c2c1[C@@H](c1ccc(C#N)cc1)CC(=O)N2. The maximum absolute atomic E-state index is 12.4. The molecule has 1 N–H and O–H groups in total. The first-order chi connectivity index (χ1) is 13.6. The smallest absolute Gasteiger partial charge is 0.226 e. The summed E-state index contributed by atoms with van der Waals surface area (Å²) in [6.07, 6.45) is 1.84. The number of nitriles is 1. The van der Waals surface area contributed by atoms with Gasteiger partial charge in [0.25, 0.3) is 0 Å². The van der Waals surface area contributed by atoms with Gasteiger partial charge in [0.1, 0.15) is 12.1 Å². The number of carbonyl (C=O) groups is 1. The lowest BCUT2D eigenvalue weighted by Crippen LogP contribution is -2.25. The molecule has 5 rings (SSSR count). The molecule has 1 aliphatic rings. The molecule has 0 fully saturated rings. The van der Waals surface area contributed by atoms with Crippen molar-refractivity contribution in [2.45, 2.75) is 19.3 Å². The fourth-order valence-electron chi connectivity index (χ4n) is 3.62. The van der Waals surface area contributed by atoms with Crippen LogP contribution >= 0.6 is 0 Å². The average molecular weight is 370 g/mol. The molecule has 4 heterocycles. The lowest BCUT2D eigenvalue weighted by molar-refractivity contribution is -0.116. The Labute approximate surface area is 159 Å². The number of hydrogen-bond acceptors (Lipinski definition) is 6. The predicted octanol–water partition coefficient (Wildman–Crippen LogP) is 1.96. The molecule has 9 nitrogen and oxygen atoms in total. The van der Waals surface area contributed by atoms with Crippen molar-refractivity contribution in [1.82, 2.24) is 29.6 Å². The highest BCUT2D eigenvalue weighted by Gasteiger charge is 2.33. The molecule has 28 heavy (non-hydrogen) atoms. The molecule has 4 aromatic rings. The van der Waals surface area contributed by atoms with Crippen molar-refractivity contribution in [3.8, 4) is 11.9 Å². The molecule has 3 aromatic heterocycles. The minimum atomic E-state index is -0.135. The van der Waals surface area contributed by atoms with E-state index >= 15 is 0 Å². The number of carbonyl (C=O) groups excluding carboxylic acids is 1. The maximum Gasteiger partial charge on any atom is 0.226 e. The number of fused-ring (bicyclic) bond motifs is 2. The number of benzene rings is 1. The Balaban J connectivity index is 1.65. The van der Waals surface area contributed by atoms with Crippen molar-refractivity contribution in [2.24, 2.45) is 0 Å². The number of amides is 1. The van der Waals surface area contributed by atoms with Crippen molar-refractivity contribution in [3.63, 3.8) is 0 Å². The van der Waals surface area contributed by atoms with Crippen LogP contribution in [0.1, 0.15) is 34.7 Å². The number of aromatic nitrogens is 6. The van der Waals surface area contributed by atoms with E-state index in [9.17, 15) is 4.79 Å². The number of nitrogens with zero attached hydrogens (tertiary/aromatic N) is 7. The van der Waals surface area contributed by atoms with Crippen molar-refractivity contribution >= 4 is 17.4 Å². The van der Waals surface area contributed by atoms with Crippen molar-refractivity contribution in [1.29, 1.82) is 5.26 Å². The minimum Gasteiger partial charge on any atom is -0.310 e. The fraction of sp³-hybridized carbons (Fsp3) is 0.158.